The molecule has 0 aliphatic heterocycles. The monoisotopic (exact) mass is 430 g/mol. The Balaban J connectivity index is 5.33. The lowest BCUT2D eigenvalue weighted by Gasteiger charge is -2.27. The zero-order valence-corrected chi connectivity index (χ0v) is 18.8. The van der Waals surface area contributed by atoms with E-state index in [9.17, 15) is 19.2 Å². The van der Waals surface area contributed by atoms with Crippen LogP contribution in [0.5, 0.6) is 0 Å². The Morgan fingerprint density at radius 2 is 1.27 bits per heavy atom. The first-order valence-electron chi connectivity index (χ1n) is 10.3. The number of amides is 3. The van der Waals surface area contributed by atoms with Gasteiger partial charge in [0.05, 0.1) is 12.6 Å². The highest BCUT2D eigenvalue weighted by atomic mass is 16.4. The van der Waals surface area contributed by atoms with Crippen molar-refractivity contribution in [3.05, 3.63) is 0 Å². The lowest BCUT2D eigenvalue weighted by molar-refractivity contribution is -0.143. The average Bonchev–Trinajstić information content (AvgIpc) is 2.61. The molecular weight excluding hydrogens is 392 g/mol. The summed E-state index contributed by atoms with van der Waals surface area (Å²) in [5, 5.41) is 25.6. The molecule has 0 fully saturated rings. The van der Waals surface area contributed by atoms with E-state index in [2.05, 4.69) is 16.0 Å². The third-order valence-electron chi connectivity index (χ3n) is 4.45. The third kappa shape index (κ3) is 10.0. The zero-order chi connectivity index (χ0) is 23.6. The molecular formula is C20H38N4O6. The molecule has 10 nitrogen and oxygen atoms in total. The molecule has 0 saturated heterocycles. The number of carbonyl (C=O) groups is 4. The van der Waals surface area contributed by atoms with Crippen molar-refractivity contribution < 1.29 is 29.4 Å². The van der Waals surface area contributed by atoms with Crippen molar-refractivity contribution in [3.8, 4) is 0 Å². The summed E-state index contributed by atoms with van der Waals surface area (Å²) < 4.78 is 0. The molecule has 0 heterocycles. The van der Waals surface area contributed by atoms with Crippen molar-refractivity contribution in [3.63, 3.8) is 0 Å². The second-order valence-corrected chi connectivity index (χ2v) is 8.74. The van der Waals surface area contributed by atoms with Crippen LogP contribution in [-0.4, -0.2) is 64.7 Å². The maximum Gasteiger partial charge on any atom is 0.328 e. The molecule has 0 aliphatic carbocycles. The summed E-state index contributed by atoms with van der Waals surface area (Å²) in [6.45, 7) is 10.3. The molecule has 0 aromatic rings. The lowest BCUT2D eigenvalue weighted by Crippen LogP contribution is -2.59. The Labute approximate surface area is 178 Å². The fourth-order valence-electron chi connectivity index (χ4n) is 2.83. The van der Waals surface area contributed by atoms with E-state index in [0.717, 1.165) is 0 Å². The Morgan fingerprint density at radius 3 is 1.67 bits per heavy atom. The van der Waals surface area contributed by atoms with E-state index >= 15 is 0 Å². The van der Waals surface area contributed by atoms with Gasteiger partial charge in [-0.3, -0.25) is 14.4 Å². The first-order chi connectivity index (χ1) is 13.8. The summed E-state index contributed by atoms with van der Waals surface area (Å²) in [4.78, 5) is 48.8. The Kier molecular flexibility index (Phi) is 12.2. The molecule has 30 heavy (non-hydrogen) atoms. The number of nitrogens with two attached hydrogens (primary N) is 1. The number of rotatable bonds is 13. The largest absolute Gasteiger partial charge is 0.480 e. The van der Waals surface area contributed by atoms with Gasteiger partial charge in [0.15, 0.2) is 0 Å². The molecule has 10 heteroatoms. The number of carboxylic acid groups (broad SMARTS) is 1. The SMILES string of the molecule is CC(C)CC(N)C(=O)NC(CC(C)C)C(=O)NC(C(=O)NC(CO)C(=O)O)C(C)C. The van der Waals surface area contributed by atoms with Crippen LogP contribution >= 0.6 is 0 Å². The molecule has 0 saturated carbocycles. The van der Waals surface area contributed by atoms with Gasteiger partial charge in [0.1, 0.15) is 18.1 Å². The van der Waals surface area contributed by atoms with E-state index < -0.39 is 54.5 Å². The van der Waals surface area contributed by atoms with Crippen LogP contribution < -0.4 is 21.7 Å². The summed E-state index contributed by atoms with van der Waals surface area (Å²) in [7, 11) is 0. The van der Waals surface area contributed by atoms with Crippen molar-refractivity contribution in [2.24, 2.45) is 23.5 Å². The number of aliphatic hydroxyl groups excluding tert-OH is 1. The first-order valence-corrected chi connectivity index (χ1v) is 10.3. The van der Waals surface area contributed by atoms with Crippen LogP contribution in [0.15, 0.2) is 0 Å². The number of carbonyl (C=O) groups excluding carboxylic acids is 3. The van der Waals surface area contributed by atoms with Gasteiger partial charge in [0, 0.05) is 0 Å². The molecule has 7 N–H and O–H groups in total. The molecule has 0 bridgehead atoms. The Morgan fingerprint density at radius 1 is 0.767 bits per heavy atom. The molecule has 0 rings (SSSR count). The molecule has 0 aliphatic rings. The maximum absolute atomic E-state index is 12.9. The third-order valence-corrected chi connectivity index (χ3v) is 4.45. The number of aliphatic carboxylic acids is 1. The average molecular weight is 431 g/mol. The Hall–Kier alpha value is -2.20. The highest BCUT2D eigenvalue weighted by Crippen LogP contribution is 2.10. The van der Waals surface area contributed by atoms with Crippen molar-refractivity contribution in [2.75, 3.05) is 6.61 Å². The van der Waals surface area contributed by atoms with E-state index in [1.165, 1.54) is 0 Å². The summed E-state index contributed by atoms with van der Waals surface area (Å²) in [5.41, 5.74) is 5.91. The van der Waals surface area contributed by atoms with Crippen molar-refractivity contribution in [1.82, 2.24) is 16.0 Å². The number of nitrogens with one attached hydrogen (secondary N) is 3. The molecule has 0 radical (unpaired) electrons. The predicted octanol–water partition coefficient (Wildman–Crippen LogP) is -0.407. The molecule has 0 aromatic carbocycles. The summed E-state index contributed by atoms with van der Waals surface area (Å²) in [5.74, 6) is -3.18. The van der Waals surface area contributed by atoms with Gasteiger partial charge >= 0.3 is 5.97 Å². The minimum absolute atomic E-state index is 0.0829. The van der Waals surface area contributed by atoms with E-state index in [-0.39, 0.29) is 17.8 Å². The lowest BCUT2D eigenvalue weighted by atomic mass is 9.98. The fourth-order valence-corrected chi connectivity index (χ4v) is 2.83. The smallest absolute Gasteiger partial charge is 0.328 e. The van der Waals surface area contributed by atoms with Crippen molar-refractivity contribution >= 4 is 23.7 Å². The second-order valence-electron chi connectivity index (χ2n) is 8.74. The van der Waals surface area contributed by atoms with Crippen LogP contribution in [0.25, 0.3) is 0 Å². The van der Waals surface area contributed by atoms with Gasteiger partial charge in [0.25, 0.3) is 0 Å². The maximum atomic E-state index is 12.9. The van der Waals surface area contributed by atoms with Gasteiger partial charge in [0.2, 0.25) is 17.7 Å². The molecule has 174 valence electrons. The van der Waals surface area contributed by atoms with Crippen molar-refractivity contribution in [1.29, 1.82) is 0 Å². The predicted molar refractivity (Wildman–Crippen MR) is 112 cm³/mol. The van der Waals surface area contributed by atoms with Crippen LogP contribution in [0.2, 0.25) is 0 Å². The summed E-state index contributed by atoms with van der Waals surface area (Å²) >= 11 is 0. The van der Waals surface area contributed by atoms with E-state index in [0.29, 0.717) is 12.8 Å². The minimum Gasteiger partial charge on any atom is -0.480 e. The second kappa shape index (κ2) is 13.2. The molecule has 4 unspecified atom stereocenters. The van der Waals surface area contributed by atoms with Gasteiger partial charge in [-0.15, -0.1) is 0 Å². The van der Waals surface area contributed by atoms with Crippen LogP contribution in [0, 0.1) is 17.8 Å². The van der Waals surface area contributed by atoms with Crippen LogP contribution in [0.4, 0.5) is 0 Å². The molecule has 0 spiro atoms. The van der Waals surface area contributed by atoms with Gasteiger partial charge in [-0.1, -0.05) is 41.5 Å². The normalized spacial score (nSPS) is 15.4. The molecule has 0 aromatic heterocycles. The van der Waals surface area contributed by atoms with Gasteiger partial charge in [-0.2, -0.15) is 0 Å². The van der Waals surface area contributed by atoms with Crippen molar-refractivity contribution in [2.45, 2.75) is 78.6 Å². The van der Waals surface area contributed by atoms with E-state index in [1.807, 2.05) is 27.7 Å². The van der Waals surface area contributed by atoms with E-state index in [1.54, 1.807) is 13.8 Å². The van der Waals surface area contributed by atoms with Gasteiger partial charge < -0.3 is 31.9 Å². The zero-order valence-electron chi connectivity index (χ0n) is 18.8. The van der Waals surface area contributed by atoms with Gasteiger partial charge in [-0.25, -0.2) is 4.79 Å². The van der Waals surface area contributed by atoms with Crippen LogP contribution in [-0.2, 0) is 19.2 Å². The minimum atomic E-state index is -1.48. The standard InChI is InChI=1S/C20H38N4O6/c1-10(2)7-13(21)17(26)22-14(8-11(3)4)18(27)24-16(12(5)6)19(28)23-15(9-25)20(29)30/h10-16,25H,7-9,21H2,1-6H3,(H,22,26)(H,23,28)(H,24,27)(H,29,30). The van der Waals surface area contributed by atoms with E-state index in [4.69, 9.17) is 15.9 Å². The summed E-state index contributed by atoms with van der Waals surface area (Å²) in [6.07, 6.45) is 0.809. The summed E-state index contributed by atoms with van der Waals surface area (Å²) in [6, 6.07) is -4.16. The quantitative estimate of drug-likeness (QED) is 0.231. The number of aliphatic hydroxyl groups is 1. The topological polar surface area (TPSA) is 171 Å². The first kappa shape index (κ1) is 27.8. The number of hydrogen-bond acceptors (Lipinski definition) is 6. The highest BCUT2D eigenvalue weighted by molar-refractivity contribution is 5.94. The molecule has 3 amide bonds. The van der Waals surface area contributed by atoms with Gasteiger partial charge in [-0.05, 0) is 30.6 Å². The number of hydrogen-bond donors (Lipinski definition) is 6. The highest BCUT2D eigenvalue weighted by Gasteiger charge is 2.32. The fraction of sp³-hybridized carbons (Fsp3) is 0.800. The van der Waals surface area contributed by atoms with Crippen LogP contribution in [0.1, 0.15) is 54.4 Å². The molecule has 4 atom stereocenters. The van der Waals surface area contributed by atoms with Crippen LogP contribution in [0.3, 0.4) is 0 Å². The Bertz CT molecular complexity index is 594. The number of carboxylic acids is 1.